The lowest BCUT2D eigenvalue weighted by atomic mass is 10.1. The van der Waals surface area contributed by atoms with Gasteiger partial charge < -0.3 is 10.4 Å². The van der Waals surface area contributed by atoms with E-state index in [1.54, 1.807) is 24.3 Å². The monoisotopic (exact) mass is 235 g/mol. The summed E-state index contributed by atoms with van der Waals surface area (Å²) in [6, 6.07) is 8.50. The van der Waals surface area contributed by atoms with Crippen LogP contribution in [0.4, 0.5) is 0 Å². The van der Waals surface area contributed by atoms with Crippen molar-refractivity contribution in [1.82, 2.24) is 5.32 Å². The molecule has 0 heterocycles. The minimum Gasteiger partial charge on any atom is -0.481 e. The highest BCUT2D eigenvalue weighted by Crippen LogP contribution is 2.05. The van der Waals surface area contributed by atoms with Crippen molar-refractivity contribution in [2.45, 2.75) is 32.2 Å². The summed E-state index contributed by atoms with van der Waals surface area (Å²) in [7, 11) is 0. The zero-order valence-electron chi connectivity index (χ0n) is 9.85. The molecule has 92 valence electrons. The average Bonchev–Trinajstić information content (AvgIpc) is 2.29. The van der Waals surface area contributed by atoms with E-state index in [-0.39, 0.29) is 18.4 Å². The van der Waals surface area contributed by atoms with Crippen LogP contribution in [-0.2, 0) is 4.79 Å². The van der Waals surface area contributed by atoms with Crippen LogP contribution in [0.25, 0.3) is 0 Å². The normalized spacial score (nSPS) is 11.8. The molecule has 1 amide bonds. The Bertz CT molecular complexity index is 376. The molecule has 0 saturated heterocycles. The predicted molar refractivity (Wildman–Crippen MR) is 64.9 cm³/mol. The van der Waals surface area contributed by atoms with E-state index in [1.165, 1.54) is 0 Å². The molecular formula is C13H17NO3. The van der Waals surface area contributed by atoms with Gasteiger partial charge >= 0.3 is 5.97 Å². The molecule has 17 heavy (non-hydrogen) atoms. The minimum atomic E-state index is -0.892. The number of carbonyl (C=O) groups excluding carboxylic acids is 1. The highest BCUT2D eigenvalue weighted by atomic mass is 16.4. The van der Waals surface area contributed by atoms with Gasteiger partial charge in [-0.2, -0.15) is 0 Å². The van der Waals surface area contributed by atoms with Crippen LogP contribution in [0.5, 0.6) is 0 Å². The Labute approximate surface area is 101 Å². The quantitative estimate of drug-likeness (QED) is 0.793. The van der Waals surface area contributed by atoms with Gasteiger partial charge in [0, 0.05) is 11.6 Å². The van der Waals surface area contributed by atoms with Crippen molar-refractivity contribution in [3.8, 4) is 0 Å². The van der Waals surface area contributed by atoms with E-state index < -0.39 is 5.97 Å². The first kappa shape index (κ1) is 13.2. The summed E-state index contributed by atoms with van der Waals surface area (Å²) in [4.78, 5) is 22.5. The van der Waals surface area contributed by atoms with Crippen LogP contribution >= 0.6 is 0 Å². The zero-order chi connectivity index (χ0) is 12.7. The molecule has 0 radical (unpaired) electrons. The lowest BCUT2D eigenvalue weighted by Gasteiger charge is -2.15. The molecule has 0 bridgehead atoms. The number of carboxylic acids is 1. The first-order chi connectivity index (χ1) is 8.13. The van der Waals surface area contributed by atoms with E-state index in [9.17, 15) is 9.59 Å². The summed E-state index contributed by atoms with van der Waals surface area (Å²) < 4.78 is 0. The van der Waals surface area contributed by atoms with Gasteiger partial charge in [-0.15, -0.1) is 0 Å². The molecular weight excluding hydrogens is 218 g/mol. The molecule has 4 nitrogen and oxygen atoms in total. The Balaban J connectivity index is 2.60. The third-order valence-corrected chi connectivity index (χ3v) is 2.43. The molecule has 4 heteroatoms. The first-order valence-electron chi connectivity index (χ1n) is 5.71. The Morgan fingerprint density at radius 2 is 1.94 bits per heavy atom. The number of nitrogens with one attached hydrogen (secondary N) is 1. The van der Waals surface area contributed by atoms with Crippen molar-refractivity contribution in [1.29, 1.82) is 0 Å². The summed E-state index contributed by atoms with van der Waals surface area (Å²) in [6.07, 6.45) is 1.48. The minimum absolute atomic E-state index is 0.0353. The van der Waals surface area contributed by atoms with Crippen LogP contribution in [0.2, 0.25) is 0 Å². The van der Waals surface area contributed by atoms with Crippen molar-refractivity contribution in [3.05, 3.63) is 35.9 Å². The third kappa shape index (κ3) is 4.68. The molecule has 2 N–H and O–H groups in total. The second-order valence-corrected chi connectivity index (χ2v) is 3.92. The molecule has 0 aliphatic heterocycles. The largest absolute Gasteiger partial charge is 0.481 e. The van der Waals surface area contributed by atoms with E-state index in [4.69, 9.17) is 5.11 Å². The van der Waals surface area contributed by atoms with Crippen LogP contribution in [-0.4, -0.2) is 23.0 Å². The second-order valence-electron chi connectivity index (χ2n) is 3.92. The van der Waals surface area contributed by atoms with Crippen LogP contribution in [0.3, 0.4) is 0 Å². The fourth-order valence-corrected chi connectivity index (χ4v) is 1.64. The topological polar surface area (TPSA) is 66.4 Å². The van der Waals surface area contributed by atoms with Gasteiger partial charge in [0.05, 0.1) is 6.42 Å². The Hall–Kier alpha value is -1.84. The van der Waals surface area contributed by atoms with E-state index in [0.29, 0.717) is 12.0 Å². The van der Waals surface area contributed by atoms with E-state index in [0.717, 1.165) is 6.42 Å². The summed E-state index contributed by atoms with van der Waals surface area (Å²) in [5.41, 5.74) is 0.555. The molecule has 0 aromatic heterocycles. The molecule has 1 aromatic carbocycles. The molecule has 0 saturated carbocycles. The molecule has 0 fully saturated rings. The van der Waals surface area contributed by atoms with E-state index >= 15 is 0 Å². The van der Waals surface area contributed by atoms with Crippen LogP contribution in [0, 0.1) is 0 Å². The number of hydrogen-bond acceptors (Lipinski definition) is 2. The van der Waals surface area contributed by atoms with Gasteiger partial charge in [-0.05, 0) is 18.6 Å². The smallest absolute Gasteiger partial charge is 0.305 e. The molecule has 1 aromatic rings. The summed E-state index contributed by atoms with van der Waals surface area (Å²) >= 11 is 0. The molecule has 0 aliphatic carbocycles. The zero-order valence-corrected chi connectivity index (χ0v) is 9.85. The van der Waals surface area contributed by atoms with Gasteiger partial charge in [-0.3, -0.25) is 9.59 Å². The standard InChI is InChI=1S/C13H17NO3/c1-2-6-11(9-12(15)16)14-13(17)10-7-4-3-5-8-10/h3-5,7-8,11H,2,6,9H2,1H3,(H,14,17)(H,15,16)/t11-/m0/s1. The second kappa shape index (κ2) is 6.68. The van der Waals surface area contributed by atoms with Crippen molar-refractivity contribution in [2.75, 3.05) is 0 Å². The van der Waals surface area contributed by atoms with Crippen LogP contribution in [0.1, 0.15) is 36.5 Å². The van der Waals surface area contributed by atoms with Gasteiger partial charge in [0.25, 0.3) is 5.91 Å². The maximum absolute atomic E-state index is 11.8. The van der Waals surface area contributed by atoms with Crippen molar-refractivity contribution in [3.63, 3.8) is 0 Å². The number of carbonyl (C=O) groups is 2. The SMILES string of the molecule is CCC[C@@H](CC(=O)O)NC(=O)c1ccccc1. The summed E-state index contributed by atoms with van der Waals surface area (Å²) in [6.45, 7) is 1.96. The highest BCUT2D eigenvalue weighted by molar-refractivity contribution is 5.94. The number of amides is 1. The van der Waals surface area contributed by atoms with Gasteiger partial charge in [0.2, 0.25) is 0 Å². The highest BCUT2D eigenvalue weighted by Gasteiger charge is 2.15. The van der Waals surface area contributed by atoms with Crippen LogP contribution in [0.15, 0.2) is 30.3 Å². The Morgan fingerprint density at radius 1 is 1.29 bits per heavy atom. The predicted octanol–water partition coefficient (Wildman–Crippen LogP) is 2.06. The Kier molecular flexibility index (Phi) is 5.20. The maximum atomic E-state index is 11.8. The summed E-state index contributed by atoms with van der Waals surface area (Å²) in [5, 5.41) is 11.5. The third-order valence-electron chi connectivity index (χ3n) is 2.43. The molecule has 0 aliphatic rings. The maximum Gasteiger partial charge on any atom is 0.305 e. The van der Waals surface area contributed by atoms with Gasteiger partial charge in [-0.1, -0.05) is 31.5 Å². The first-order valence-corrected chi connectivity index (χ1v) is 5.71. The summed E-state index contributed by atoms with van der Waals surface area (Å²) in [5.74, 6) is -1.11. The molecule has 0 unspecified atom stereocenters. The number of aliphatic carboxylic acids is 1. The van der Waals surface area contributed by atoms with Gasteiger partial charge in [0.1, 0.15) is 0 Å². The molecule has 0 spiro atoms. The van der Waals surface area contributed by atoms with Crippen molar-refractivity contribution in [2.24, 2.45) is 0 Å². The van der Waals surface area contributed by atoms with E-state index in [2.05, 4.69) is 5.32 Å². The van der Waals surface area contributed by atoms with Gasteiger partial charge in [0.15, 0.2) is 0 Å². The van der Waals surface area contributed by atoms with Crippen molar-refractivity contribution >= 4 is 11.9 Å². The molecule has 1 atom stereocenters. The molecule has 1 rings (SSSR count). The number of rotatable bonds is 6. The fraction of sp³-hybridized carbons (Fsp3) is 0.385. The average molecular weight is 235 g/mol. The lowest BCUT2D eigenvalue weighted by molar-refractivity contribution is -0.137. The number of benzene rings is 1. The van der Waals surface area contributed by atoms with Gasteiger partial charge in [-0.25, -0.2) is 0 Å². The fourth-order valence-electron chi connectivity index (χ4n) is 1.64. The Morgan fingerprint density at radius 3 is 2.47 bits per heavy atom. The van der Waals surface area contributed by atoms with E-state index in [1.807, 2.05) is 13.0 Å². The van der Waals surface area contributed by atoms with Crippen molar-refractivity contribution < 1.29 is 14.7 Å². The number of carboxylic acid groups (broad SMARTS) is 1. The lowest BCUT2D eigenvalue weighted by Crippen LogP contribution is -2.36. The van der Waals surface area contributed by atoms with Crippen LogP contribution < -0.4 is 5.32 Å². The number of hydrogen-bond donors (Lipinski definition) is 2.